The molecule has 0 heterocycles. The molecule has 0 aromatic heterocycles. The molecule has 1 aromatic carbocycles. The van der Waals surface area contributed by atoms with Crippen molar-refractivity contribution in [2.45, 2.75) is 6.18 Å². The van der Waals surface area contributed by atoms with Crippen LogP contribution in [0, 0.1) is 0 Å². The SMILES string of the molecule is C=CCN(CC(F)(F)F)C(=O)c1cc(Br)ccc1Cl. The summed E-state index contributed by atoms with van der Waals surface area (Å²) in [6.07, 6.45) is -3.24. The van der Waals surface area contributed by atoms with Crippen LogP contribution in [0.15, 0.2) is 35.3 Å². The number of halogens is 5. The van der Waals surface area contributed by atoms with E-state index in [1.165, 1.54) is 18.2 Å². The van der Waals surface area contributed by atoms with Crippen LogP contribution in [0.1, 0.15) is 10.4 Å². The minimum atomic E-state index is -4.48. The van der Waals surface area contributed by atoms with E-state index < -0.39 is 18.6 Å². The van der Waals surface area contributed by atoms with Gasteiger partial charge in [-0.25, -0.2) is 0 Å². The summed E-state index contributed by atoms with van der Waals surface area (Å²) in [6.45, 7) is 1.79. The first kappa shape index (κ1) is 16.0. The van der Waals surface area contributed by atoms with Gasteiger partial charge in [0.2, 0.25) is 0 Å². The molecule has 1 aromatic rings. The molecule has 0 saturated carbocycles. The Morgan fingerprint density at radius 3 is 2.63 bits per heavy atom. The molecule has 0 N–H and O–H groups in total. The second kappa shape index (κ2) is 6.43. The van der Waals surface area contributed by atoms with Crippen molar-refractivity contribution >= 4 is 33.4 Å². The predicted molar refractivity (Wildman–Crippen MR) is 71.3 cm³/mol. The zero-order chi connectivity index (χ0) is 14.6. The Bertz CT molecular complexity index is 490. The van der Waals surface area contributed by atoms with Gasteiger partial charge in [-0.05, 0) is 18.2 Å². The monoisotopic (exact) mass is 355 g/mol. The molecule has 0 fully saturated rings. The Labute approximate surface area is 122 Å². The Morgan fingerprint density at radius 1 is 1.47 bits per heavy atom. The Morgan fingerprint density at radius 2 is 2.11 bits per heavy atom. The van der Waals surface area contributed by atoms with Gasteiger partial charge >= 0.3 is 6.18 Å². The Balaban J connectivity index is 3.05. The number of amides is 1. The maximum absolute atomic E-state index is 12.4. The van der Waals surface area contributed by atoms with Crippen molar-refractivity contribution < 1.29 is 18.0 Å². The molecule has 2 nitrogen and oxygen atoms in total. The van der Waals surface area contributed by atoms with Crippen molar-refractivity contribution in [1.29, 1.82) is 0 Å². The molecule has 0 spiro atoms. The first-order valence-electron chi connectivity index (χ1n) is 5.16. The van der Waals surface area contributed by atoms with Gasteiger partial charge in [0.05, 0.1) is 10.6 Å². The molecule has 0 unspecified atom stereocenters. The van der Waals surface area contributed by atoms with Crippen LogP contribution in [0.3, 0.4) is 0 Å². The summed E-state index contributed by atoms with van der Waals surface area (Å²) in [5.74, 6) is -0.788. The van der Waals surface area contributed by atoms with E-state index >= 15 is 0 Å². The van der Waals surface area contributed by atoms with Gasteiger partial charge in [-0.2, -0.15) is 13.2 Å². The van der Waals surface area contributed by atoms with Crippen LogP contribution in [0.2, 0.25) is 5.02 Å². The zero-order valence-electron chi connectivity index (χ0n) is 9.68. The van der Waals surface area contributed by atoms with Crippen LogP contribution in [-0.2, 0) is 0 Å². The highest BCUT2D eigenvalue weighted by Crippen LogP contribution is 2.24. The van der Waals surface area contributed by atoms with Crippen molar-refractivity contribution in [1.82, 2.24) is 4.90 Å². The van der Waals surface area contributed by atoms with Crippen molar-refractivity contribution in [3.05, 3.63) is 45.9 Å². The third kappa shape index (κ3) is 4.87. The van der Waals surface area contributed by atoms with E-state index in [9.17, 15) is 18.0 Å². The van der Waals surface area contributed by atoms with Gasteiger partial charge in [-0.3, -0.25) is 4.79 Å². The minimum absolute atomic E-state index is 0.0159. The van der Waals surface area contributed by atoms with Crippen LogP contribution in [0.25, 0.3) is 0 Å². The van der Waals surface area contributed by atoms with E-state index in [0.29, 0.717) is 9.37 Å². The molecule has 0 saturated heterocycles. The number of nitrogens with zero attached hydrogens (tertiary/aromatic N) is 1. The Kier molecular flexibility index (Phi) is 5.43. The van der Waals surface area contributed by atoms with Crippen LogP contribution in [0.4, 0.5) is 13.2 Å². The highest BCUT2D eigenvalue weighted by Gasteiger charge is 2.33. The molecule has 0 radical (unpaired) electrons. The third-order valence-electron chi connectivity index (χ3n) is 2.17. The third-order valence-corrected chi connectivity index (χ3v) is 2.99. The summed E-state index contributed by atoms with van der Waals surface area (Å²) >= 11 is 8.97. The minimum Gasteiger partial charge on any atom is -0.326 e. The summed E-state index contributed by atoms with van der Waals surface area (Å²) in [5, 5.41) is 0.101. The summed E-state index contributed by atoms with van der Waals surface area (Å²) in [5.41, 5.74) is 0.0159. The highest BCUT2D eigenvalue weighted by molar-refractivity contribution is 9.10. The topological polar surface area (TPSA) is 20.3 Å². The lowest BCUT2D eigenvalue weighted by Gasteiger charge is -2.23. The normalized spacial score (nSPS) is 11.2. The average Bonchev–Trinajstić information content (AvgIpc) is 2.29. The van der Waals surface area contributed by atoms with Gasteiger partial charge in [0.25, 0.3) is 5.91 Å². The van der Waals surface area contributed by atoms with Crippen LogP contribution in [0.5, 0.6) is 0 Å². The van der Waals surface area contributed by atoms with Crippen LogP contribution in [-0.4, -0.2) is 30.1 Å². The predicted octanol–water partition coefficient (Wildman–Crippen LogP) is 4.29. The fourth-order valence-electron chi connectivity index (χ4n) is 1.42. The van der Waals surface area contributed by atoms with Crippen molar-refractivity contribution in [2.24, 2.45) is 0 Å². The van der Waals surface area contributed by atoms with Crippen molar-refractivity contribution in [3.8, 4) is 0 Å². The molecular weight excluding hydrogens is 346 g/mol. The fourth-order valence-corrected chi connectivity index (χ4v) is 1.98. The number of carbonyl (C=O) groups excluding carboxylic acids is 1. The van der Waals surface area contributed by atoms with E-state index in [2.05, 4.69) is 22.5 Å². The quantitative estimate of drug-likeness (QED) is 0.737. The molecule has 0 aliphatic rings. The summed E-state index contributed by atoms with van der Waals surface area (Å²) < 4.78 is 37.8. The van der Waals surface area contributed by atoms with Crippen molar-refractivity contribution in [2.75, 3.05) is 13.1 Å². The number of hydrogen-bond acceptors (Lipinski definition) is 1. The summed E-state index contributed by atoms with van der Waals surface area (Å²) in [4.78, 5) is 12.7. The van der Waals surface area contributed by atoms with Gasteiger partial charge in [0.15, 0.2) is 0 Å². The van der Waals surface area contributed by atoms with Gasteiger partial charge in [-0.1, -0.05) is 33.6 Å². The van der Waals surface area contributed by atoms with Crippen LogP contribution < -0.4 is 0 Å². The summed E-state index contributed by atoms with van der Waals surface area (Å²) in [6, 6.07) is 4.43. The van der Waals surface area contributed by atoms with Gasteiger partial charge in [-0.15, -0.1) is 6.58 Å². The first-order valence-corrected chi connectivity index (χ1v) is 6.33. The molecule has 0 bridgehead atoms. The average molecular weight is 357 g/mol. The number of benzene rings is 1. The van der Waals surface area contributed by atoms with E-state index in [1.54, 1.807) is 6.07 Å². The molecule has 19 heavy (non-hydrogen) atoms. The second-order valence-electron chi connectivity index (χ2n) is 3.71. The smallest absolute Gasteiger partial charge is 0.326 e. The lowest BCUT2D eigenvalue weighted by molar-refractivity contribution is -0.139. The van der Waals surface area contributed by atoms with Crippen molar-refractivity contribution in [3.63, 3.8) is 0 Å². The maximum Gasteiger partial charge on any atom is 0.406 e. The lowest BCUT2D eigenvalue weighted by atomic mass is 10.2. The number of carbonyl (C=O) groups is 1. The molecule has 1 amide bonds. The van der Waals surface area contributed by atoms with E-state index in [4.69, 9.17) is 11.6 Å². The fraction of sp³-hybridized carbons (Fsp3) is 0.250. The molecular formula is C12H10BrClF3NO. The Hall–Kier alpha value is -1.01. The number of alkyl halides is 3. The van der Waals surface area contributed by atoms with Crippen LogP contribution >= 0.6 is 27.5 Å². The number of rotatable bonds is 4. The number of hydrogen-bond donors (Lipinski definition) is 0. The summed E-state index contributed by atoms with van der Waals surface area (Å²) in [7, 11) is 0. The highest BCUT2D eigenvalue weighted by atomic mass is 79.9. The second-order valence-corrected chi connectivity index (χ2v) is 5.04. The zero-order valence-corrected chi connectivity index (χ0v) is 12.0. The molecule has 104 valence electrons. The van der Waals surface area contributed by atoms with Gasteiger partial charge in [0.1, 0.15) is 6.54 Å². The first-order chi connectivity index (χ1) is 8.74. The molecule has 0 atom stereocenters. The molecule has 7 heteroatoms. The van der Waals surface area contributed by atoms with Gasteiger partial charge < -0.3 is 4.90 Å². The standard InChI is InChI=1S/C12H10BrClF3NO/c1-2-5-18(7-12(15,16)17)11(19)9-6-8(13)3-4-10(9)14/h2-4,6H,1,5,7H2. The molecule has 0 aliphatic heterocycles. The van der Waals surface area contributed by atoms with Gasteiger partial charge in [0, 0.05) is 11.0 Å². The largest absolute Gasteiger partial charge is 0.406 e. The van der Waals surface area contributed by atoms with E-state index in [1.807, 2.05) is 0 Å². The molecule has 1 rings (SSSR count). The maximum atomic E-state index is 12.4. The van der Waals surface area contributed by atoms with E-state index in [-0.39, 0.29) is 17.1 Å². The lowest BCUT2D eigenvalue weighted by Crippen LogP contribution is -2.39. The van der Waals surface area contributed by atoms with E-state index in [0.717, 1.165) is 0 Å². The molecule has 0 aliphatic carbocycles.